The van der Waals surface area contributed by atoms with Gasteiger partial charge in [-0.15, -0.1) is 0 Å². The molecule has 92 valence electrons. The van der Waals surface area contributed by atoms with E-state index in [9.17, 15) is 4.79 Å². The van der Waals surface area contributed by atoms with Gasteiger partial charge in [0.1, 0.15) is 0 Å². The minimum absolute atomic E-state index is 0.0861. The largest absolute Gasteiger partial charge is 0.377 e. The molecule has 0 aromatic carbocycles. The summed E-state index contributed by atoms with van der Waals surface area (Å²) in [6.45, 7) is 4.77. The van der Waals surface area contributed by atoms with Crippen LogP contribution in [-0.2, 0) is 4.74 Å². The molecule has 0 radical (unpaired) electrons. The van der Waals surface area contributed by atoms with Gasteiger partial charge in [-0.1, -0.05) is 0 Å². The van der Waals surface area contributed by atoms with E-state index in [4.69, 9.17) is 10.5 Å². The Balaban J connectivity index is 1.99. The third kappa shape index (κ3) is 2.30. The summed E-state index contributed by atoms with van der Waals surface area (Å²) in [5.74, 6) is 0. The summed E-state index contributed by atoms with van der Waals surface area (Å²) in [5, 5.41) is 0. The number of urea groups is 1. The number of morpholine rings is 1. The zero-order valence-corrected chi connectivity index (χ0v) is 9.89. The van der Waals surface area contributed by atoms with E-state index in [0.717, 1.165) is 25.8 Å². The lowest BCUT2D eigenvalue weighted by Gasteiger charge is -2.41. The number of carbonyl (C=O) groups is 1. The summed E-state index contributed by atoms with van der Waals surface area (Å²) < 4.78 is 5.33. The molecule has 0 aromatic heterocycles. The van der Waals surface area contributed by atoms with Gasteiger partial charge in [0.15, 0.2) is 0 Å². The third-order valence-corrected chi connectivity index (χ3v) is 3.41. The monoisotopic (exact) mass is 227 g/mol. The van der Waals surface area contributed by atoms with Gasteiger partial charge in [-0.2, -0.15) is 0 Å². The van der Waals surface area contributed by atoms with Crippen LogP contribution in [0.15, 0.2) is 0 Å². The smallest absolute Gasteiger partial charge is 0.321 e. The van der Waals surface area contributed by atoms with Gasteiger partial charge < -0.3 is 20.3 Å². The fourth-order valence-electron chi connectivity index (χ4n) is 2.37. The maximum Gasteiger partial charge on any atom is 0.321 e. The van der Waals surface area contributed by atoms with Crippen molar-refractivity contribution in [2.45, 2.75) is 38.4 Å². The molecule has 16 heavy (non-hydrogen) atoms. The fourth-order valence-corrected chi connectivity index (χ4v) is 2.37. The predicted molar refractivity (Wildman–Crippen MR) is 60.9 cm³/mol. The molecule has 0 saturated carbocycles. The van der Waals surface area contributed by atoms with Gasteiger partial charge >= 0.3 is 6.03 Å². The maximum absolute atomic E-state index is 12.3. The first-order chi connectivity index (χ1) is 7.70. The zero-order valence-electron chi connectivity index (χ0n) is 9.89. The molecule has 5 nitrogen and oxygen atoms in total. The Morgan fingerprint density at radius 2 is 2.12 bits per heavy atom. The van der Waals surface area contributed by atoms with Gasteiger partial charge in [-0.3, -0.25) is 0 Å². The highest BCUT2D eigenvalue weighted by molar-refractivity contribution is 5.75. The van der Waals surface area contributed by atoms with Gasteiger partial charge in [-0.25, -0.2) is 4.79 Å². The highest BCUT2D eigenvalue weighted by Crippen LogP contribution is 2.17. The van der Waals surface area contributed by atoms with Crippen molar-refractivity contribution in [2.75, 3.05) is 26.3 Å². The Morgan fingerprint density at radius 1 is 1.31 bits per heavy atom. The Bertz CT molecular complexity index is 236. The Morgan fingerprint density at radius 3 is 2.81 bits per heavy atom. The van der Waals surface area contributed by atoms with Crippen LogP contribution < -0.4 is 5.73 Å². The molecule has 1 unspecified atom stereocenters. The van der Waals surface area contributed by atoms with Crippen molar-refractivity contribution < 1.29 is 9.53 Å². The molecule has 0 aliphatic carbocycles. The molecule has 2 atom stereocenters. The summed E-state index contributed by atoms with van der Waals surface area (Å²) in [5.41, 5.74) is 5.98. The van der Waals surface area contributed by atoms with Crippen LogP contribution in [0.4, 0.5) is 4.79 Å². The van der Waals surface area contributed by atoms with E-state index in [1.807, 2.05) is 16.7 Å². The van der Waals surface area contributed by atoms with Crippen molar-refractivity contribution in [1.29, 1.82) is 0 Å². The molecule has 2 saturated heterocycles. The number of nitrogens with two attached hydrogens (primary N) is 1. The van der Waals surface area contributed by atoms with E-state index in [1.165, 1.54) is 0 Å². The molecular weight excluding hydrogens is 206 g/mol. The number of nitrogens with zero attached hydrogens (tertiary/aromatic N) is 2. The van der Waals surface area contributed by atoms with Crippen molar-refractivity contribution in [1.82, 2.24) is 9.80 Å². The molecule has 2 aliphatic rings. The topological polar surface area (TPSA) is 58.8 Å². The standard InChI is InChI=1S/C11H21N3O2/c1-9-8-16-7-6-13(9)11(15)14-5-3-2-4-10(14)12/h9-10H,2-8,12H2,1H3/t9-,10?/m1/s1. The lowest BCUT2D eigenvalue weighted by atomic mass is 10.1. The second-order valence-electron chi connectivity index (χ2n) is 4.66. The summed E-state index contributed by atoms with van der Waals surface area (Å²) in [7, 11) is 0. The highest BCUT2D eigenvalue weighted by Gasteiger charge is 2.31. The number of amides is 2. The molecule has 2 rings (SSSR count). The quantitative estimate of drug-likeness (QED) is 0.659. The SMILES string of the molecule is C[C@@H]1COCCN1C(=O)N1CCCCC1N. The van der Waals surface area contributed by atoms with Crippen LogP contribution in [0, 0.1) is 0 Å². The first-order valence-electron chi connectivity index (χ1n) is 6.10. The van der Waals surface area contributed by atoms with Gasteiger partial charge in [0.25, 0.3) is 0 Å². The highest BCUT2D eigenvalue weighted by atomic mass is 16.5. The Hall–Kier alpha value is -0.810. The second-order valence-corrected chi connectivity index (χ2v) is 4.66. The van der Waals surface area contributed by atoms with Crippen LogP contribution >= 0.6 is 0 Å². The lowest BCUT2D eigenvalue weighted by molar-refractivity contribution is 0.00493. The van der Waals surface area contributed by atoms with Crippen LogP contribution in [0.2, 0.25) is 0 Å². The number of carbonyl (C=O) groups excluding carboxylic acids is 1. The van der Waals surface area contributed by atoms with Crippen molar-refractivity contribution >= 4 is 6.03 Å². The number of hydrogen-bond donors (Lipinski definition) is 1. The number of ether oxygens (including phenoxy) is 1. The second kappa shape index (κ2) is 5.01. The number of hydrogen-bond acceptors (Lipinski definition) is 3. The van der Waals surface area contributed by atoms with Gasteiger partial charge in [-0.05, 0) is 26.2 Å². The molecule has 2 amide bonds. The number of rotatable bonds is 0. The minimum atomic E-state index is -0.101. The van der Waals surface area contributed by atoms with E-state index >= 15 is 0 Å². The van der Waals surface area contributed by atoms with Gasteiger partial charge in [0.05, 0.1) is 25.4 Å². The molecule has 0 bridgehead atoms. The molecule has 0 spiro atoms. The zero-order chi connectivity index (χ0) is 11.5. The van der Waals surface area contributed by atoms with E-state index < -0.39 is 0 Å². The molecule has 0 aromatic rings. The lowest BCUT2D eigenvalue weighted by Crippen LogP contribution is -2.58. The normalized spacial score (nSPS) is 31.6. The van der Waals surface area contributed by atoms with Crippen molar-refractivity contribution in [3.8, 4) is 0 Å². The molecule has 2 N–H and O–H groups in total. The van der Waals surface area contributed by atoms with Crippen LogP contribution in [0.1, 0.15) is 26.2 Å². The molecule has 2 heterocycles. The van der Waals surface area contributed by atoms with E-state index in [1.54, 1.807) is 0 Å². The Kier molecular flexibility index (Phi) is 3.66. The average Bonchev–Trinajstić information content (AvgIpc) is 2.29. The predicted octanol–water partition coefficient (Wildman–Crippen LogP) is 0.598. The van der Waals surface area contributed by atoms with Gasteiger partial charge in [0, 0.05) is 13.1 Å². The summed E-state index contributed by atoms with van der Waals surface area (Å²) in [4.78, 5) is 16.0. The van der Waals surface area contributed by atoms with Crippen LogP contribution in [0.5, 0.6) is 0 Å². The van der Waals surface area contributed by atoms with Crippen LogP contribution in [-0.4, -0.2) is 54.3 Å². The minimum Gasteiger partial charge on any atom is -0.377 e. The summed E-state index contributed by atoms with van der Waals surface area (Å²) in [6.07, 6.45) is 3.02. The maximum atomic E-state index is 12.3. The van der Waals surface area contributed by atoms with Gasteiger partial charge in [0.2, 0.25) is 0 Å². The molecule has 5 heteroatoms. The Labute approximate surface area is 96.5 Å². The molecule has 2 fully saturated rings. The summed E-state index contributed by atoms with van der Waals surface area (Å²) >= 11 is 0. The number of piperidine rings is 1. The molecule has 2 aliphatic heterocycles. The molecular formula is C11H21N3O2. The van der Waals surface area contributed by atoms with Crippen molar-refractivity contribution in [3.05, 3.63) is 0 Å². The van der Waals surface area contributed by atoms with Crippen LogP contribution in [0.3, 0.4) is 0 Å². The van der Waals surface area contributed by atoms with Crippen LogP contribution in [0.25, 0.3) is 0 Å². The summed E-state index contributed by atoms with van der Waals surface area (Å²) in [6, 6.07) is 0.248. The fraction of sp³-hybridized carbons (Fsp3) is 0.909. The first-order valence-corrected chi connectivity index (χ1v) is 6.10. The van der Waals surface area contributed by atoms with Crippen molar-refractivity contribution in [2.24, 2.45) is 5.73 Å². The van der Waals surface area contributed by atoms with E-state index in [2.05, 4.69) is 0 Å². The average molecular weight is 227 g/mol. The van der Waals surface area contributed by atoms with Crippen molar-refractivity contribution in [3.63, 3.8) is 0 Å². The van der Waals surface area contributed by atoms with E-state index in [-0.39, 0.29) is 18.2 Å². The number of likely N-dealkylation sites (tertiary alicyclic amines) is 1. The van der Waals surface area contributed by atoms with E-state index in [0.29, 0.717) is 19.8 Å². The third-order valence-electron chi connectivity index (χ3n) is 3.41. The first kappa shape index (κ1) is 11.7.